The van der Waals surface area contributed by atoms with Gasteiger partial charge in [-0.2, -0.15) is 0 Å². The highest BCUT2D eigenvalue weighted by Crippen LogP contribution is 2.21. The van der Waals surface area contributed by atoms with Gasteiger partial charge >= 0.3 is 0 Å². The summed E-state index contributed by atoms with van der Waals surface area (Å²) in [4.78, 5) is 2.49. The molecule has 0 bridgehead atoms. The van der Waals surface area contributed by atoms with Gasteiger partial charge in [0.15, 0.2) is 0 Å². The van der Waals surface area contributed by atoms with Gasteiger partial charge in [-0.3, -0.25) is 4.90 Å². The van der Waals surface area contributed by atoms with Crippen LogP contribution in [0, 0.1) is 6.92 Å². The molecule has 3 heteroatoms. The van der Waals surface area contributed by atoms with Crippen molar-refractivity contribution in [3.8, 4) is 0 Å². The van der Waals surface area contributed by atoms with Gasteiger partial charge in [0.25, 0.3) is 0 Å². The van der Waals surface area contributed by atoms with E-state index >= 15 is 0 Å². The standard InChI is InChI=1S/C18H30N2O/c1-15-7-6-8-16(13-15)18(19-2)10-12-20-11-5-3-4-9-17(20)14-21/h6-8,13,17-19,21H,3-5,9-12,14H2,1-2H3. The second-order valence-corrected chi connectivity index (χ2v) is 6.27. The van der Waals surface area contributed by atoms with E-state index in [1.807, 2.05) is 7.05 Å². The van der Waals surface area contributed by atoms with Crippen LogP contribution in [0.5, 0.6) is 0 Å². The summed E-state index contributed by atoms with van der Waals surface area (Å²) in [5, 5.41) is 13.0. The summed E-state index contributed by atoms with van der Waals surface area (Å²) >= 11 is 0. The lowest BCUT2D eigenvalue weighted by Crippen LogP contribution is -2.39. The Kier molecular flexibility index (Phi) is 6.68. The summed E-state index contributed by atoms with van der Waals surface area (Å²) in [6.45, 7) is 4.64. The summed E-state index contributed by atoms with van der Waals surface area (Å²) in [7, 11) is 2.04. The lowest BCUT2D eigenvalue weighted by Gasteiger charge is -2.30. The molecule has 1 heterocycles. The zero-order valence-electron chi connectivity index (χ0n) is 13.5. The van der Waals surface area contributed by atoms with Crippen LogP contribution in [0.3, 0.4) is 0 Å². The van der Waals surface area contributed by atoms with Crippen molar-refractivity contribution in [3.63, 3.8) is 0 Å². The molecule has 1 aliphatic rings. The molecule has 1 saturated heterocycles. The fourth-order valence-corrected chi connectivity index (χ4v) is 3.40. The smallest absolute Gasteiger partial charge is 0.0586 e. The Balaban J connectivity index is 1.95. The van der Waals surface area contributed by atoms with Crippen LogP contribution in [0.25, 0.3) is 0 Å². The topological polar surface area (TPSA) is 35.5 Å². The summed E-state index contributed by atoms with van der Waals surface area (Å²) in [5.74, 6) is 0. The molecule has 2 atom stereocenters. The molecule has 0 amide bonds. The number of rotatable bonds is 6. The minimum Gasteiger partial charge on any atom is -0.395 e. The van der Waals surface area contributed by atoms with Crippen LogP contribution in [0.2, 0.25) is 0 Å². The fraction of sp³-hybridized carbons (Fsp3) is 0.667. The maximum atomic E-state index is 9.60. The SMILES string of the molecule is CNC(CCN1CCCCCC1CO)c1cccc(C)c1. The zero-order valence-corrected chi connectivity index (χ0v) is 13.5. The number of nitrogens with one attached hydrogen (secondary N) is 1. The fourth-order valence-electron chi connectivity index (χ4n) is 3.40. The maximum absolute atomic E-state index is 9.60. The first kappa shape index (κ1) is 16.5. The molecule has 0 radical (unpaired) electrons. The molecule has 118 valence electrons. The Labute approximate surface area is 129 Å². The van der Waals surface area contributed by atoms with Gasteiger partial charge in [0.1, 0.15) is 0 Å². The third kappa shape index (κ3) is 4.80. The number of aliphatic hydroxyl groups is 1. The normalized spacial score (nSPS) is 22.0. The average molecular weight is 290 g/mol. The molecule has 0 saturated carbocycles. The second kappa shape index (κ2) is 8.52. The maximum Gasteiger partial charge on any atom is 0.0586 e. The third-order valence-electron chi connectivity index (χ3n) is 4.71. The van der Waals surface area contributed by atoms with Gasteiger partial charge in [0, 0.05) is 18.6 Å². The van der Waals surface area contributed by atoms with Crippen molar-refractivity contribution < 1.29 is 5.11 Å². The molecule has 1 fully saturated rings. The van der Waals surface area contributed by atoms with Crippen LogP contribution in [0.1, 0.15) is 49.3 Å². The predicted octanol–water partition coefficient (Wildman–Crippen LogP) is 2.88. The lowest BCUT2D eigenvalue weighted by molar-refractivity contribution is 0.120. The van der Waals surface area contributed by atoms with Crippen molar-refractivity contribution >= 4 is 0 Å². The average Bonchev–Trinajstić information content (AvgIpc) is 2.73. The molecule has 0 aliphatic carbocycles. The number of aryl methyl sites for hydroxylation is 1. The van der Waals surface area contributed by atoms with Crippen LogP contribution in [-0.4, -0.2) is 42.8 Å². The van der Waals surface area contributed by atoms with E-state index in [0.29, 0.717) is 18.7 Å². The number of nitrogens with zero attached hydrogens (tertiary/aromatic N) is 1. The Hall–Kier alpha value is -0.900. The number of hydrogen-bond donors (Lipinski definition) is 2. The van der Waals surface area contributed by atoms with E-state index in [2.05, 4.69) is 41.4 Å². The van der Waals surface area contributed by atoms with Crippen LogP contribution in [0.15, 0.2) is 24.3 Å². The van der Waals surface area contributed by atoms with E-state index in [9.17, 15) is 5.11 Å². The van der Waals surface area contributed by atoms with Gasteiger partial charge < -0.3 is 10.4 Å². The summed E-state index contributed by atoms with van der Waals surface area (Å²) < 4.78 is 0. The first-order chi connectivity index (χ1) is 10.2. The van der Waals surface area contributed by atoms with Crippen LogP contribution in [-0.2, 0) is 0 Å². The summed E-state index contributed by atoms with van der Waals surface area (Å²) in [5.41, 5.74) is 2.68. The highest BCUT2D eigenvalue weighted by atomic mass is 16.3. The van der Waals surface area contributed by atoms with Gasteiger partial charge in [-0.05, 0) is 45.3 Å². The molecule has 2 rings (SSSR count). The van der Waals surface area contributed by atoms with E-state index in [4.69, 9.17) is 0 Å². The predicted molar refractivity (Wildman–Crippen MR) is 88.5 cm³/mol. The van der Waals surface area contributed by atoms with Crippen LogP contribution < -0.4 is 5.32 Å². The Morgan fingerprint density at radius 3 is 2.90 bits per heavy atom. The molecular weight excluding hydrogens is 260 g/mol. The Morgan fingerprint density at radius 2 is 2.19 bits per heavy atom. The van der Waals surface area contributed by atoms with Crippen molar-refractivity contribution in [2.45, 2.75) is 51.1 Å². The number of aliphatic hydroxyl groups excluding tert-OH is 1. The number of benzene rings is 1. The highest BCUT2D eigenvalue weighted by Gasteiger charge is 2.21. The molecular formula is C18H30N2O. The van der Waals surface area contributed by atoms with Crippen molar-refractivity contribution in [1.82, 2.24) is 10.2 Å². The minimum absolute atomic E-state index is 0.300. The monoisotopic (exact) mass is 290 g/mol. The van der Waals surface area contributed by atoms with Gasteiger partial charge in [0.05, 0.1) is 6.61 Å². The van der Waals surface area contributed by atoms with Crippen molar-refractivity contribution in [2.24, 2.45) is 0 Å². The molecule has 1 aliphatic heterocycles. The molecule has 2 unspecified atom stereocenters. The highest BCUT2D eigenvalue weighted by molar-refractivity contribution is 5.25. The van der Waals surface area contributed by atoms with Crippen LogP contribution >= 0.6 is 0 Å². The Morgan fingerprint density at radius 1 is 1.33 bits per heavy atom. The molecule has 21 heavy (non-hydrogen) atoms. The van der Waals surface area contributed by atoms with Gasteiger partial charge in [-0.1, -0.05) is 42.7 Å². The van der Waals surface area contributed by atoms with Gasteiger partial charge in [0.2, 0.25) is 0 Å². The van der Waals surface area contributed by atoms with Gasteiger partial charge in [-0.15, -0.1) is 0 Å². The molecule has 0 spiro atoms. The molecule has 2 N–H and O–H groups in total. The quantitative estimate of drug-likeness (QED) is 0.845. The second-order valence-electron chi connectivity index (χ2n) is 6.27. The van der Waals surface area contributed by atoms with E-state index in [1.54, 1.807) is 0 Å². The van der Waals surface area contributed by atoms with Crippen LogP contribution in [0.4, 0.5) is 0 Å². The summed E-state index contributed by atoms with van der Waals surface area (Å²) in [6.07, 6.45) is 6.07. The van der Waals surface area contributed by atoms with E-state index in [0.717, 1.165) is 25.9 Å². The molecule has 1 aromatic rings. The zero-order chi connectivity index (χ0) is 15.1. The van der Waals surface area contributed by atoms with Crippen molar-refractivity contribution in [2.75, 3.05) is 26.7 Å². The molecule has 1 aromatic carbocycles. The van der Waals surface area contributed by atoms with E-state index in [-0.39, 0.29) is 0 Å². The lowest BCUT2D eigenvalue weighted by atomic mass is 10.0. The van der Waals surface area contributed by atoms with E-state index < -0.39 is 0 Å². The molecule has 0 aromatic heterocycles. The summed E-state index contributed by atoms with van der Waals surface area (Å²) in [6, 6.07) is 9.52. The Bertz CT molecular complexity index is 421. The van der Waals surface area contributed by atoms with Crippen molar-refractivity contribution in [1.29, 1.82) is 0 Å². The minimum atomic E-state index is 0.300. The first-order valence-electron chi connectivity index (χ1n) is 8.33. The van der Waals surface area contributed by atoms with Crippen molar-refractivity contribution in [3.05, 3.63) is 35.4 Å². The number of hydrogen-bond acceptors (Lipinski definition) is 3. The first-order valence-corrected chi connectivity index (χ1v) is 8.33. The molecule has 3 nitrogen and oxygen atoms in total. The largest absolute Gasteiger partial charge is 0.395 e. The van der Waals surface area contributed by atoms with Gasteiger partial charge in [-0.25, -0.2) is 0 Å². The number of likely N-dealkylation sites (tertiary alicyclic amines) is 1. The van der Waals surface area contributed by atoms with E-state index in [1.165, 1.54) is 30.4 Å². The third-order valence-corrected chi connectivity index (χ3v) is 4.71.